The lowest BCUT2D eigenvalue weighted by molar-refractivity contribution is -0.274. The van der Waals surface area contributed by atoms with E-state index in [1.807, 2.05) is 11.9 Å². The van der Waals surface area contributed by atoms with E-state index in [2.05, 4.69) is 20.4 Å². The second-order valence-electron chi connectivity index (χ2n) is 8.05. The molecule has 1 saturated heterocycles. The molecule has 4 rings (SSSR count). The molecule has 9 nitrogen and oxygen atoms in total. The highest BCUT2D eigenvalue weighted by Crippen LogP contribution is 2.29. The Morgan fingerprint density at radius 3 is 2.53 bits per heavy atom. The van der Waals surface area contributed by atoms with Crippen LogP contribution in [0.15, 0.2) is 36.5 Å². The number of benzene rings is 1. The van der Waals surface area contributed by atoms with Crippen molar-refractivity contribution >= 4 is 23.4 Å². The van der Waals surface area contributed by atoms with Crippen molar-refractivity contribution in [2.45, 2.75) is 25.2 Å². The molecule has 1 aromatic heterocycles. The van der Waals surface area contributed by atoms with Gasteiger partial charge in [-0.2, -0.15) is 0 Å². The normalized spacial score (nSPS) is 16.4. The molecule has 34 heavy (non-hydrogen) atoms. The van der Waals surface area contributed by atoms with Crippen LogP contribution in [0.1, 0.15) is 23.2 Å². The topological polar surface area (TPSA) is 96.0 Å². The molecule has 0 spiro atoms. The first-order chi connectivity index (χ1) is 16.2. The number of pyridine rings is 1. The van der Waals surface area contributed by atoms with Crippen LogP contribution in [0.5, 0.6) is 11.5 Å². The Hall–Kier alpha value is -3.70. The molecule has 12 heteroatoms. The van der Waals surface area contributed by atoms with Crippen LogP contribution in [0.4, 0.5) is 29.5 Å². The highest BCUT2D eigenvalue weighted by atomic mass is 19.4. The first-order valence-corrected chi connectivity index (χ1v) is 10.7. The number of anilines is 2. The number of piperidine rings is 1. The number of alkyl halides is 3. The third-order valence-electron chi connectivity index (χ3n) is 5.59. The molecule has 3 amide bonds. The van der Waals surface area contributed by atoms with Crippen molar-refractivity contribution in [1.29, 1.82) is 0 Å². The van der Waals surface area contributed by atoms with Crippen molar-refractivity contribution in [2.75, 3.05) is 43.5 Å². The van der Waals surface area contributed by atoms with E-state index >= 15 is 0 Å². The van der Waals surface area contributed by atoms with Gasteiger partial charge in [0.1, 0.15) is 12.4 Å². The van der Waals surface area contributed by atoms with Gasteiger partial charge in [0, 0.05) is 38.1 Å². The number of hydrogen-bond donors (Lipinski definition) is 2. The number of halogens is 3. The molecule has 0 bridgehead atoms. The molecule has 2 N–H and O–H groups in total. The number of urea groups is 1. The predicted molar refractivity (Wildman–Crippen MR) is 117 cm³/mol. The van der Waals surface area contributed by atoms with E-state index in [9.17, 15) is 22.8 Å². The van der Waals surface area contributed by atoms with Gasteiger partial charge in [0.2, 0.25) is 0 Å². The molecule has 3 heterocycles. The fraction of sp³-hybridized carbons (Fsp3) is 0.409. The molecule has 0 atom stereocenters. The van der Waals surface area contributed by atoms with Gasteiger partial charge >= 0.3 is 12.4 Å². The zero-order valence-electron chi connectivity index (χ0n) is 18.4. The molecule has 0 unspecified atom stereocenters. The first-order valence-electron chi connectivity index (χ1n) is 10.7. The van der Waals surface area contributed by atoms with Crippen molar-refractivity contribution in [3.8, 4) is 11.5 Å². The van der Waals surface area contributed by atoms with E-state index in [-0.39, 0.29) is 17.7 Å². The number of nitrogens with zero attached hydrogens (tertiary/aromatic N) is 3. The highest BCUT2D eigenvalue weighted by molar-refractivity contribution is 5.95. The van der Waals surface area contributed by atoms with Gasteiger partial charge < -0.3 is 29.9 Å². The summed E-state index contributed by atoms with van der Waals surface area (Å²) in [6, 6.07) is 5.96. The van der Waals surface area contributed by atoms with Crippen LogP contribution >= 0.6 is 0 Å². The van der Waals surface area contributed by atoms with Crippen LogP contribution in [0.3, 0.4) is 0 Å². The quantitative estimate of drug-likeness (QED) is 0.699. The van der Waals surface area contributed by atoms with Gasteiger partial charge in [-0.05, 0) is 43.2 Å². The fourth-order valence-corrected chi connectivity index (χ4v) is 3.85. The summed E-state index contributed by atoms with van der Waals surface area (Å²) in [5, 5.41) is 5.41. The summed E-state index contributed by atoms with van der Waals surface area (Å²) in [5.41, 5.74) is 0.781. The van der Waals surface area contributed by atoms with Crippen molar-refractivity contribution in [3.05, 3.63) is 42.1 Å². The van der Waals surface area contributed by atoms with Crippen LogP contribution in [0.2, 0.25) is 0 Å². The smallest absolute Gasteiger partial charge is 0.488 e. The number of nitrogens with one attached hydrogen (secondary N) is 2. The summed E-state index contributed by atoms with van der Waals surface area (Å²) >= 11 is 0. The molecule has 1 fully saturated rings. The number of likely N-dealkylation sites (tertiary alicyclic amines) is 1. The van der Waals surface area contributed by atoms with E-state index < -0.39 is 12.4 Å². The summed E-state index contributed by atoms with van der Waals surface area (Å²) in [6.07, 6.45) is -2.09. The van der Waals surface area contributed by atoms with Crippen LogP contribution in [-0.4, -0.2) is 67.5 Å². The summed E-state index contributed by atoms with van der Waals surface area (Å²) < 4.78 is 46.1. The molecule has 2 aliphatic rings. The van der Waals surface area contributed by atoms with Gasteiger partial charge in [-0.25, -0.2) is 9.78 Å². The number of hydrogen-bond acceptors (Lipinski definition) is 6. The number of likely N-dealkylation sites (N-methyl/N-ethyl adjacent to an activating group) is 1. The molecule has 0 radical (unpaired) electrons. The molecular formula is C22H24F3N5O4. The molecule has 2 aromatic rings. The van der Waals surface area contributed by atoms with Gasteiger partial charge in [0.15, 0.2) is 11.6 Å². The number of aromatic nitrogens is 1. The van der Waals surface area contributed by atoms with Crippen molar-refractivity contribution < 1.29 is 32.2 Å². The second-order valence-corrected chi connectivity index (χ2v) is 8.05. The Morgan fingerprint density at radius 2 is 1.85 bits per heavy atom. The second kappa shape index (κ2) is 9.65. The van der Waals surface area contributed by atoms with Gasteiger partial charge in [0.05, 0.1) is 12.1 Å². The number of carbonyl (C=O) groups is 2. The van der Waals surface area contributed by atoms with Crippen LogP contribution in [-0.2, 0) is 0 Å². The van der Waals surface area contributed by atoms with Gasteiger partial charge in [0.25, 0.3) is 5.91 Å². The number of rotatable bonds is 4. The molecular weight excluding hydrogens is 455 g/mol. The van der Waals surface area contributed by atoms with Crippen molar-refractivity contribution in [1.82, 2.24) is 15.2 Å². The molecule has 0 aliphatic carbocycles. The minimum Gasteiger partial charge on any atom is -0.488 e. The van der Waals surface area contributed by atoms with Crippen LogP contribution < -0.4 is 25.0 Å². The summed E-state index contributed by atoms with van der Waals surface area (Å²) in [4.78, 5) is 33.2. The Kier molecular flexibility index (Phi) is 6.66. The third kappa shape index (κ3) is 5.80. The monoisotopic (exact) mass is 479 g/mol. The first kappa shape index (κ1) is 23.5. The maximum atomic E-state index is 12.9. The van der Waals surface area contributed by atoms with E-state index in [0.717, 1.165) is 18.7 Å². The SMILES string of the molecule is CN1CCOc2cc(C(=O)N3CCC(NC(=O)Nc4ccc(OC(F)(F)F)cc4)CC3)cnc21. The lowest BCUT2D eigenvalue weighted by atomic mass is 10.0. The third-order valence-corrected chi connectivity index (χ3v) is 5.59. The average molecular weight is 479 g/mol. The molecule has 0 saturated carbocycles. The largest absolute Gasteiger partial charge is 0.573 e. The number of fused-ring (bicyclic) bond motifs is 1. The highest BCUT2D eigenvalue weighted by Gasteiger charge is 2.31. The van der Waals surface area contributed by atoms with Crippen molar-refractivity contribution in [3.63, 3.8) is 0 Å². The Balaban J connectivity index is 1.25. The number of ether oxygens (including phenoxy) is 2. The van der Waals surface area contributed by atoms with E-state index in [0.29, 0.717) is 55.4 Å². The fourth-order valence-electron chi connectivity index (χ4n) is 3.85. The predicted octanol–water partition coefficient (Wildman–Crippen LogP) is 3.24. The minimum absolute atomic E-state index is 0.142. The van der Waals surface area contributed by atoms with Gasteiger partial charge in [-0.3, -0.25) is 4.79 Å². The average Bonchev–Trinajstić information content (AvgIpc) is 2.79. The zero-order valence-corrected chi connectivity index (χ0v) is 18.4. The molecule has 2 aliphatic heterocycles. The van der Waals surface area contributed by atoms with Crippen molar-refractivity contribution in [2.24, 2.45) is 0 Å². The van der Waals surface area contributed by atoms with Crippen LogP contribution in [0, 0.1) is 0 Å². The number of carbonyl (C=O) groups excluding carboxylic acids is 2. The Bertz CT molecular complexity index is 1040. The van der Waals surface area contributed by atoms with Crippen LogP contribution in [0.25, 0.3) is 0 Å². The van der Waals surface area contributed by atoms with E-state index in [1.54, 1.807) is 17.2 Å². The van der Waals surface area contributed by atoms with Gasteiger partial charge in [-0.15, -0.1) is 13.2 Å². The molecule has 182 valence electrons. The lowest BCUT2D eigenvalue weighted by Crippen LogP contribution is -2.47. The summed E-state index contributed by atoms with van der Waals surface area (Å²) in [6.45, 7) is 2.20. The standard InChI is InChI=1S/C22H24F3N5O4/c1-29-10-11-33-18-12-14(13-26-19(18)29)20(31)30-8-6-16(7-9-30)28-21(32)27-15-2-4-17(5-3-15)34-22(23,24)25/h2-5,12-13,16H,6-11H2,1H3,(H2,27,28,32). The Morgan fingerprint density at radius 1 is 1.15 bits per heavy atom. The zero-order chi connectivity index (χ0) is 24.3. The summed E-state index contributed by atoms with van der Waals surface area (Å²) in [7, 11) is 1.92. The van der Waals surface area contributed by atoms with E-state index in [1.165, 1.54) is 12.1 Å². The van der Waals surface area contributed by atoms with Gasteiger partial charge in [-0.1, -0.05) is 0 Å². The maximum absolute atomic E-state index is 12.9. The van der Waals surface area contributed by atoms with E-state index in [4.69, 9.17) is 4.74 Å². The minimum atomic E-state index is -4.77. The Labute approximate surface area is 193 Å². The lowest BCUT2D eigenvalue weighted by Gasteiger charge is -2.33. The summed E-state index contributed by atoms with van der Waals surface area (Å²) in [5.74, 6) is 0.782. The maximum Gasteiger partial charge on any atom is 0.573 e. The number of amides is 3. The molecule has 1 aromatic carbocycles.